The summed E-state index contributed by atoms with van der Waals surface area (Å²) in [5.41, 5.74) is 6.80. The van der Waals surface area contributed by atoms with Crippen LogP contribution < -0.4 is 5.73 Å². The Morgan fingerprint density at radius 2 is 2.29 bits per heavy atom. The third-order valence-electron chi connectivity index (χ3n) is 3.54. The fourth-order valence-electron chi connectivity index (χ4n) is 2.53. The van der Waals surface area contributed by atoms with Gasteiger partial charge in [-0.25, -0.2) is 4.39 Å². The van der Waals surface area contributed by atoms with Crippen LogP contribution in [0.5, 0.6) is 0 Å². The normalized spacial score (nSPS) is 21.6. The van der Waals surface area contributed by atoms with Crippen molar-refractivity contribution in [3.05, 3.63) is 35.6 Å². The van der Waals surface area contributed by atoms with E-state index in [2.05, 4.69) is 4.90 Å². The largest absolute Gasteiger partial charge is 0.330 e. The van der Waals surface area contributed by atoms with Crippen LogP contribution in [-0.2, 0) is 6.42 Å². The highest BCUT2D eigenvalue weighted by Gasteiger charge is 2.17. The van der Waals surface area contributed by atoms with E-state index in [0.29, 0.717) is 5.92 Å². The lowest BCUT2D eigenvalue weighted by atomic mass is 9.98. The highest BCUT2D eigenvalue weighted by atomic mass is 19.1. The molecular formula is C14H21FN2. The smallest absolute Gasteiger partial charge is 0.123 e. The minimum atomic E-state index is -0.138. The summed E-state index contributed by atoms with van der Waals surface area (Å²) in [6.45, 7) is 4.06. The van der Waals surface area contributed by atoms with Crippen molar-refractivity contribution in [2.45, 2.75) is 19.3 Å². The summed E-state index contributed by atoms with van der Waals surface area (Å²) < 4.78 is 13.0. The minimum Gasteiger partial charge on any atom is -0.330 e. The van der Waals surface area contributed by atoms with E-state index >= 15 is 0 Å². The lowest BCUT2D eigenvalue weighted by Crippen LogP contribution is -2.39. The molecule has 1 heterocycles. The van der Waals surface area contributed by atoms with Gasteiger partial charge in [-0.2, -0.15) is 0 Å². The quantitative estimate of drug-likeness (QED) is 0.867. The van der Waals surface area contributed by atoms with E-state index in [0.717, 1.165) is 38.2 Å². The van der Waals surface area contributed by atoms with Crippen LogP contribution in [0.25, 0.3) is 0 Å². The van der Waals surface area contributed by atoms with Gasteiger partial charge in [0.05, 0.1) is 0 Å². The molecule has 1 aliphatic heterocycles. The first-order valence-corrected chi connectivity index (χ1v) is 6.45. The molecule has 0 aliphatic carbocycles. The molecular weight excluding hydrogens is 215 g/mol. The molecule has 0 saturated carbocycles. The molecule has 2 N–H and O–H groups in total. The molecule has 17 heavy (non-hydrogen) atoms. The maximum absolute atomic E-state index is 13.0. The zero-order valence-corrected chi connectivity index (χ0v) is 10.2. The van der Waals surface area contributed by atoms with Crippen LogP contribution in [0, 0.1) is 11.7 Å². The van der Waals surface area contributed by atoms with Gasteiger partial charge >= 0.3 is 0 Å². The SMILES string of the molecule is NC[C@H]1CCCN(CCc2cccc(F)c2)C1. The average Bonchev–Trinajstić information content (AvgIpc) is 2.37. The second kappa shape index (κ2) is 6.12. The van der Waals surface area contributed by atoms with Gasteiger partial charge < -0.3 is 10.6 Å². The molecule has 1 aromatic carbocycles. The number of hydrogen-bond acceptors (Lipinski definition) is 2. The van der Waals surface area contributed by atoms with E-state index in [1.54, 1.807) is 12.1 Å². The molecule has 1 saturated heterocycles. The Morgan fingerprint density at radius 3 is 3.06 bits per heavy atom. The molecule has 0 radical (unpaired) electrons. The number of nitrogens with two attached hydrogens (primary N) is 1. The third-order valence-corrected chi connectivity index (χ3v) is 3.54. The fourth-order valence-corrected chi connectivity index (χ4v) is 2.53. The van der Waals surface area contributed by atoms with Crippen molar-refractivity contribution >= 4 is 0 Å². The predicted molar refractivity (Wildman–Crippen MR) is 68.3 cm³/mol. The monoisotopic (exact) mass is 236 g/mol. The highest BCUT2D eigenvalue weighted by Crippen LogP contribution is 2.15. The summed E-state index contributed by atoms with van der Waals surface area (Å²) in [5.74, 6) is 0.511. The van der Waals surface area contributed by atoms with Gasteiger partial charge in [0.15, 0.2) is 0 Å². The Morgan fingerprint density at radius 1 is 1.41 bits per heavy atom. The van der Waals surface area contributed by atoms with Crippen molar-refractivity contribution in [2.24, 2.45) is 11.7 Å². The summed E-state index contributed by atoms with van der Waals surface area (Å²) in [6, 6.07) is 6.90. The Labute approximate surface area is 103 Å². The lowest BCUT2D eigenvalue weighted by molar-refractivity contribution is 0.180. The second-order valence-electron chi connectivity index (χ2n) is 4.92. The van der Waals surface area contributed by atoms with Gasteiger partial charge in [0, 0.05) is 13.1 Å². The van der Waals surface area contributed by atoms with E-state index in [9.17, 15) is 4.39 Å². The van der Waals surface area contributed by atoms with Crippen LogP contribution in [0.2, 0.25) is 0 Å². The van der Waals surface area contributed by atoms with E-state index in [1.165, 1.54) is 18.9 Å². The number of nitrogens with zero attached hydrogens (tertiary/aromatic N) is 1. The van der Waals surface area contributed by atoms with Gasteiger partial charge in [-0.15, -0.1) is 0 Å². The summed E-state index contributed by atoms with van der Waals surface area (Å²) >= 11 is 0. The fraction of sp³-hybridized carbons (Fsp3) is 0.571. The first-order valence-electron chi connectivity index (χ1n) is 6.45. The second-order valence-corrected chi connectivity index (χ2v) is 4.92. The number of piperidine rings is 1. The Kier molecular flexibility index (Phi) is 4.51. The van der Waals surface area contributed by atoms with Gasteiger partial charge in [0.2, 0.25) is 0 Å². The molecule has 2 nitrogen and oxygen atoms in total. The number of rotatable bonds is 4. The zero-order chi connectivity index (χ0) is 12.1. The molecule has 1 aliphatic rings. The number of benzene rings is 1. The topological polar surface area (TPSA) is 29.3 Å². The molecule has 0 aromatic heterocycles. The Bertz CT molecular complexity index is 354. The van der Waals surface area contributed by atoms with Crippen LogP contribution in [-0.4, -0.2) is 31.1 Å². The molecule has 2 rings (SSSR count). The molecule has 0 amide bonds. The van der Waals surface area contributed by atoms with Crippen LogP contribution >= 0.6 is 0 Å². The molecule has 1 aromatic rings. The average molecular weight is 236 g/mol. The molecule has 3 heteroatoms. The van der Waals surface area contributed by atoms with E-state index in [-0.39, 0.29) is 5.82 Å². The molecule has 94 valence electrons. The van der Waals surface area contributed by atoms with Crippen molar-refractivity contribution in [3.63, 3.8) is 0 Å². The highest BCUT2D eigenvalue weighted by molar-refractivity contribution is 5.16. The van der Waals surface area contributed by atoms with Crippen LogP contribution in [0.15, 0.2) is 24.3 Å². The van der Waals surface area contributed by atoms with Crippen molar-refractivity contribution in [1.82, 2.24) is 4.90 Å². The molecule has 0 unspecified atom stereocenters. The summed E-state index contributed by atoms with van der Waals surface area (Å²) in [6.07, 6.45) is 3.42. The van der Waals surface area contributed by atoms with Crippen LogP contribution in [0.4, 0.5) is 4.39 Å². The van der Waals surface area contributed by atoms with Gasteiger partial charge in [-0.05, 0) is 56.0 Å². The molecule has 1 atom stereocenters. The number of halogens is 1. The Hall–Kier alpha value is -0.930. The number of hydrogen-bond donors (Lipinski definition) is 1. The summed E-state index contributed by atoms with van der Waals surface area (Å²) in [5, 5.41) is 0. The first kappa shape index (κ1) is 12.5. The molecule has 0 spiro atoms. The van der Waals surface area contributed by atoms with Crippen molar-refractivity contribution in [3.8, 4) is 0 Å². The molecule has 0 bridgehead atoms. The van der Waals surface area contributed by atoms with Gasteiger partial charge in [-0.1, -0.05) is 12.1 Å². The van der Waals surface area contributed by atoms with Crippen molar-refractivity contribution in [1.29, 1.82) is 0 Å². The maximum Gasteiger partial charge on any atom is 0.123 e. The van der Waals surface area contributed by atoms with Gasteiger partial charge in [0.25, 0.3) is 0 Å². The van der Waals surface area contributed by atoms with E-state index in [4.69, 9.17) is 5.73 Å². The first-order chi connectivity index (χ1) is 8.28. The summed E-state index contributed by atoms with van der Waals surface area (Å²) in [4.78, 5) is 2.45. The zero-order valence-electron chi connectivity index (χ0n) is 10.2. The standard InChI is InChI=1S/C14H21FN2/c15-14-5-1-3-12(9-14)6-8-17-7-2-4-13(10-16)11-17/h1,3,5,9,13H,2,4,6-8,10-11,16H2/t13-/m1/s1. The maximum atomic E-state index is 13.0. The van der Waals surface area contributed by atoms with Crippen molar-refractivity contribution < 1.29 is 4.39 Å². The van der Waals surface area contributed by atoms with Crippen LogP contribution in [0.1, 0.15) is 18.4 Å². The van der Waals surface area contributed by atoms with Crippen molar-refractivity contribution in [2.75, 3.05) is 26.2 Å². The Balaban J connectivity index is 1.81. The lowest BCUT2D eigenvalue weighted by Gasteiger charge is -2.32. The van der Waals surface area contributed by atoms with E-state index in [1.807, 2.05) is 6.07 Å². The number of likely N-dealkylation sites (tertiary alicyclic amines) is 1. The summed E-state index contributed by atoms with van der Waals surface area (Å²) in [7, 11) is 0. The third kappa shape index (κ3) is 3.79. The predicted octanol–water partition coefficient (Wildman–Crippen LogP) is 2.04. The van der Waals surface area contributed by atoms with Gasteiger partial charge in [0.1, 0.15) is 5.82 Å². The molecule has 1 fully saturated rings. The van der Waals surface area contributed by atoms with Crippen LogP contribution in [0.3, 0.4) is 0 Å². The van der Waals surface area contributed by atoms with Gasteiger partial charge in [-0.3, -0.25) is 0 Å². The minimum absolute atomic E-state index is 0.138. The van der Waals surface area contributed by atoms with E-state index < -0.39 is 0 Å².